The van der Waals surface area contributed by atoms with Crippen LogP contribution in [0.5, 0.6) is 0 Å². The lowest BCUT2D eigenvalue weighted by Gasteiger charge is -2.17. The minimum absolute atomic E-state index is 0.0645. The molecule has 1 saturated carbocycles. The van der Waals surface area contributed by atoms with Crippen LogP contribution in [-0.4, -0.2) is 44.0 Å². The summed E-state index contributed by atoms with van der Waals surface area (Å²) in [4.78, 5) is 0. The van der Waals surface area contributed by atoms with E-state index in [2.05, 4.69) is 11.6 Å². The third-order valence-electron chi connectivity index (χ3n) is 2.57. The van der Waals surface area contributed by atoms with Crippen molar-refractivity contribution in [2.45, 2.75) is 30.6 Å². The molecule has 0 aromatic rings. The molecule has 1 rings (SSSR count). The first-order valence-electron chi connectivity index (χ1n) is 4.83. The van der Waals surface area contributed by atoms with Crippen LogP contribution >= 0.6 is 11.8 Å². The second-order valence-corrected chi connectivity index (χ2v) is 7.72. The van der Waals surface area contributed by atoms with Crippen molar-refractivity contribution in [3.05, 3.63) is 0 Å². The maximum absolute atomic E-state index is 11.0. The number of sulfone groups is 1. The minimum Gasteiger partial charge on any atom is -0.312 e. The zero-order valence-corrected chi connectivity index (χ0v) is 10.7. The van der Waals surface area contributed by atoms with Gasteiger partial charge in [0.1, 0.15) is 9.84 Å². The Balaban J connectivity index is 2.25. The maximum Gasteiger partial charge on any atom is 0.148 e. The Kier molecular flexibility index (Phi) is 3.88. The molecule has 0 saturated heterocycles. The molecule has 84 valence electrons. The largest absolute Gasteiger partial charge is 0.312 e. The summed E-state index contributed by atoms with van der Waals surface area (Å²) in [5, 5.41) is 3.29. The standard InChI is InChI=1S/C9H19NO2S2/c1-8(6-14(3,11)12)10-7-9(13-2)4-5-9/h8,10H,4-7H2,1-3H3. The van der Waals surface area contributed by atoms with E-state index in [4.69, 9.17) is 0 Å². The average molecular weight is 237 g/mol. The predicted molar refractivity (Wildman–Crippen MR) is 62.7 cm³/mol. The van der Waals surface area contributed by atoms with E-state index in [-0.39, 0.29) is 11.8 Å². The average Bonchev–Trinajstić information content (AvgIpc) is 2.78. The van der Waals surface area contributed by atoms with E-state index in [1.165, 1.54) is 19.1 Å². The van der Waals surface area contributed by atoms with E-state index >= 15 is 0 Å². The highest BCUT2D eigenvalue weighted by Crippen LogP contribution is 2.46. The number of hydrogen-bond donors (Lipinski definition) is 1. The molecule has 0 radical (unpaired) electrons. The summed E-state index contributed by atoms with van der Waals surface area (Å²) >= 11 is 1.89. The van der Waals surface area contributed by atoms with Crippen LogP contribution in [0.1, 0.15) is 19.8 Å². The molecule has 1 aliphatic rings. The number of thioether (sulfide) groups is 1. The van der Waals surface area contributed by atoms with Crippen molar-refractivity contribution in [3.63, 3.8) is 0 Å². The van der Waals surface area contributed by atoms with Gasteiger partial charge in [-0.15, -0.1) is 0 Å². The second-order valence-electron chi connectivity index (χ2n) is 4.26. The molecule has 0 amide bonds. The predicted octanol–water partition coefficient (Wildman–Crippen LogP) is 0.905. The highest BCUT2D eigenvalue weighted by atomic mass is 32.2. The third kappa shape index (κ3) is 4.19. The van der Waals surface area contributed by atoms with Crippen molar-refractivity contribution in [3.8, 4) is 0 Å². The van der Waals surface area contributed by atoms with E-state index in [9.17, 15) is 8.42 Å². The van der Waals surface area contributed by atoms with Gasteiger partial charge in [-0.05, 0) is 26.0 Å². The monoisotopic (exact) mass is 237 g/mol. The van der Waals surface area contributed by atoms with E-state index in [0.29, 0.717) is 4.75 Å². The minimum atomic E-state index is -2.85. The van der Waals surface area contributed by atoms with Gasteiger partial charge in [-0.2, -0.15) is 11.8 Å². The lowest BCUT2D eigenvalue weighted by molar-refractivity contribution is 0.554. The van der Waals surface area contributed by atoms with Gasteiger partial charge < -0.3 is 5.32 Å². The normalized spacial score (nSPS) is 21.9. The van der Waals surface area contributed by atoms with Gasteiger partial charge in [-0.3, -0.25) is 0 Å². The van der Waals surface area contributed by atoms with Gasteiger partial charge in [-0.25, -0.2) is 8.42 Å². The van der Waals surface area contributed by atoms with Gasteiger partial charge >= 0.3 is 0 Å². The SMILES string of the molecule is CSC1(CNC(C)CS(C)(=O)=O)CC1. The number of nitrogens with one attached hydrogen (secondary N) is 1. The summed E-state index contributed by atoms with van der Waals surface area (Å²) in [6, 6.07) is 0.0645. The van der Waals surface area contributed by atoms with Gasteiger partial charge in [-0.1, -0.05) is 0 Å². The maximum atomic E-state index is 11.0. The topological polar surface area (TPSA) is 46.2 Å². The van der Waals surface area contributed by atoms with E-state index in [0.717, 1.165) is 6.54 Å². The van der Waals surface area contributed by atoms with Crippen molar-refractivity contribution >= 4 is 21.6 Å². The van der Waals surface area contributed by atoms with Crippen LogP contribution in [0.3, 0.4) is 0 Å². The molecular weight excluding hydrogens is 218 g/mol. The Bertz CT molecular complexity index is 283. The highest BCUT2D eigenvalue weighted by Gasteiger charge is 2.41. The van der Waals surface area contributed by atoms with Crippen LogP contribution in [0, 0.1) is 0 Å². The zero-order chi connectivity index (χ0) is 10.8. The molecule has 0 spiro atoms. The van der Waals surface area contributed by atoms with Gasteiger partial charge in [0.2, 0.25) is 0 Å². The third-order valence-corrected chi connectivity index (χ3v) is 5.09. The molecule has 0 aliphatic heterocycles. The quantitative estimate of drug-likeness (QED) is 0.746. The molecule has 1 fully saturated rings. The van der Waals surface area contributed by atoms with Crippen LogP contribution in [0.4, 0.5) is 0 Å². The zero-order valence-electron chi connectivity index (χ0n) is 9.04. The van der Waals surface area contributed by atoms with E-state index < -0.39 is 9.84 Å². The van der Waals surface area contributed by atoms with Crippen molar-refractivity contribution in [1.29, 1.82) is 0 Å². The summed E-state index contributed by atoms with van der Waals surface area (Å²) in [7, 11) is -2.85. The van der Waals surface area contributed by atoms with Gasteiger partial charge in [0.05, 0.1) is 5.75 Å². The molecule has 0 bridgehead atoms. The van der Waals surface area contributed by atoms with Crippen molar-refractivity contribution in [1.82, 2.24) is 5.32 Å². The Hall–Kier alpha value is 0.260. The van der Waals surface area contributed by atoms with Crippen molar-refractivity contribution in [2.75, 3.05) is 24.8 Å². The summed E-state index contributed by atoms with van der Waals surface area (Å²) in [5.41, 5.74) is 0. The Labute approximate surface area is 91.0 Å². The first kappa shape index (κ1) is 12.3. The van der Waals surface area contributed by atoms with Crippen molar-refractivity contribution in [2.24, 2.45) is 0 Å². The lowest BCUT2D eigenvalue weighted by Crippen LogP contribution is -2.37. The molecule has 0 aromatic carbocycles. The molecule has 1 atom stereocenters. The molecule has 0 aromatic heterocycles. The Morgan fingerprint density at radius 1 is 1.50 bits per heavy atom. The first-order valence-corrected chi connectivity index (χ1v) is 8.12. The lowest BCUT2D eigenvalue weighted by atomic mass is 10.3. The van der Waals surface area contributed by atoms with E-state index in [1.54, 1.807) is 0 Å². The van der Waals surface area contributed by atoms with Crippen LogP contribution in [0.15, 0.2) is 0 Å². The fourth-order valence-electron chi connectivity index (χ4n) is 1.47. The van der Waals surface area contributed by atoms with Crippen LogP contribution in [0.2, 0.25) is 0 Å². The first-order chi connectivity index (χ1) is 6.37. The summed E-state index contributed by atoms with van der Waals surface area (Å²) < 4.78 is 22.4. The summed E-state index contributed by atoms with van der Waals surface area (Å²) in [6.07, 6.45) is 5.92. The van der Waals surface area contributed by atoms with Crippen LogP contribution in [0.25, 0.3) is 0 Å². The second kappa shape index (κ2) is 4.41. The summed E-state index contributed by atoms with van der Waals surface area (Å²) in [5.74, 6) is 0.234. The number of rotatable bonds is 6. The molecule has 1 aliphatic carbocycles. The Morgan fingerprint density at radius 2 is 2.07 bits per heavy atom. The molecular formula is C9H19NO2S2. The highest BCUT2D eigenvalue weighted by molar-refractivity contribution is 8.00. The smallest absolute Gasteiger partial charge is 0.148 e. The van der Waals surface area contributed by atoms with Crippen LogP contribution in [-0.2, 0) is 9.84 Å². The molecule has 5 heteroatoms. The molecule has 0 heterocycles. The molecule has 1 unspecified atom stereocenters. The fourth-order valence-corrected chi connectivity index (χ4v) is 3.23. The van der Waals surface area contributed by atoms with Gasteiger partial charge in [0.15, 0.2) is 0 Å². The van der Waals surface area contributed by atoms with Gasteiger partial charge in [0, 0.05) is 23.6 Å². The van der Waals surface area contributed by atoms with Gasteiger partial charge in [0.25, 0.3) is 0 Å². The van der Waals surface area contributed by atoms with E-state index in [1.807, 2.05) is 18.7 Å². The molecule has 1 N–H and O–H groups in total. The molecule has 14 heavy (non-hydrogen) atoms. The van der Waals surface area contributed by atoms with Crippen LogP contribution < -0.4 is 5.32 Å². The van der Waals surface area contributed by atoms with Crippen molar-refractivity contribution < 1.29 is 8.42 Å². The fraction of sp³-hybridized carbons (Fsp3) is 1.00. The summed E-state index contributed by atoms with van der Waals surface area (Å²) in [6.45, 7) is 2.86. The number of hydrogen-bond acceptors (Lipinski definition) is 4. The Morgan fingerprint density at radius 3 is 2.43 bits per heavy atom. The molecule has 3 nitrogen and oxygen atoms in total.